The van der Waals surface area contributed by atoms with E-state index >= 15 is 0 Å². The normalized spacial score (nSPS) is 14.9. The van der Waals surface area contributed by atoms with E-state index in [1.54, 1.807) is 12.1 Å². The number of fused-ring (bicyclic) bond motifs is 1. The summed E-state index contributed by atoms with van der Waals surface area (Å²) in [5.74, 6) is 0.0154. The Kier molecular flexibility index (Phi) is 2.89. The molecule has 0 bridgehead atoms. The molecule has 1 aromatic carbocycles. The van der Waals surface area contributed by atoms with Gasteiger partial charge >= 0.3 is 5.97 Å². The van der Waals surface area contributed by atoms with Crippen molar-refractivity contribution in [2.75, 3.05) is 6.79 Å². The van der Waals surface area contributed by atoms with Gasteiger partial charge in [0.2, 0.25) is 6.79 Å². The maximum atomic E-state index is 10.6. The molecule has 1 aliphatic rings. The molecule has 86 valence electrons. The average molecular weight is 244 g/mol. The number of carbonyl (C=O) groups is 1. The van der Waals surface area contributed by atoms with E-state index in [-0.39, 0.29) is 13.2 Å². The summed E-state index contributed by atoms with van der Waals surface area (Å²) in [6.07, 6.45) is -0.184. The van der Waals surface area contributed by atoms with Crippen LogP contribution in [0.15, 0.2) is 12.1 Å². The fraction of sp³-hybridized carbons (Fsp3) is 0.300. The molecule has 1 aliphatic heterocycles. The highest BCUT2D eigenvalue weighted by molar-refractivity contribution is 6.30. The zero-order valence-corrected chi connectivity index (χ0v) is 9.03. The van der Waals surface area contributed by atoms with Gasteiger partial charge in [-0.05, 0) is 6.07 Å². The number of rotatable bonds is 3. The van der Waals surface area contributed by atoms with E-state index < -0.39 is 12.0 Å². The second-order valence-corrected chi connectivity index (χ2v) is 3.87. The van der Waals surface area contributed by atoms with Crippen molar-refractivity contribution in [1.29, 1.82) is 0 Å². The first-order chi connectivity index (χ1) is 7.58. The summed E-state index contributed by atoms with van der Waals surface area (Å²) in [7, 11) is 0. The van der Waals surface area contributed by atoms with Crippen molar-refractivity contribution in [2.45, 2.75) is 12.5 Å². The van der Waals surface area contributed by atoms with Crippen molar-refractivity contribution in [3.8, 4) is 11.5 Å². The second-order valence-electron chi connectivity index (χ2n) is 3.43. The van der Waals surface area contributed by atoms with Crippen LogP contribution in [0.4, 0.5) is 0 Å². The lowest BCUT2D eigenvalue weighted by atomic mass is 10.0. The Bertz CT molecular complexity index is 435. The van der Waals surface area contributed by atoms with Crippen LogP contribution in [0.5, 0.6) is 11.5 Å². The highest BCUT2D eigenvalue weighted by atomic mass is 35.5. The van der Waals surface area contributed by atoms with Gasteiger partial charge in [0.1, 0.15) is 0 Å². The van der Waals surface area contributed by atoms with Crippen LogP contribution in [-0.2, 0) is 4.79 Å². The first-order valence-corrected chi connectivity index (χ1v) is 5.02. The summed E-state index contributed by atoms with van der Waals surface area (Å²) in [5, 5.41) is 9.12. The van der Waals surface area contributed by atoms with E-state index in [4.69, 9.17) is 31.9 Å². The summed E-state index contributed by atoms with van der Waals surface area (Å²) in [4.78, 5) is 10.6. The molecule has 0 saturated carbocycles. The van der Waals surface area contributed by atoms with Crippen molar-refractivity contribution in [3.05, 3.63) is 22.7 Å². The predicted octanol–water partition coefficient (Wildman–Crippen LogP) is 1.54. The fourth-order valence-corrected chi connectivity index (χ4v) is 1.79. The van der Waals surface area contributed by atoms with Crippen molar-refractivity contribution >= 4 is 17.6 Å². The van der Waals surface area contributed by atoms with Gasteiger partial charge in [0.25, 0.3) is 0 Å². The van der Waals surface area contributed by atoms with Gasteiger partial charge in [-0.25, -0.2) is 0 Å². The van der Waals surface area contributed by atoms with Gasteiger partial charge in [-0.1, -0.05) is 11.6 Å². The molecule has 2 rings (SSSR count). The number of ether oxygens (including phenoxy) is 2. The minimum absolute atomic E-state index is 0.0997. The Morgan fingerprint density at radius 3 is 3.00 bits per heavy atom. The van der Waals surface area contributed by atoms with Gasteiger partial charge in [0, 0.05) is 22.7 Å². The predicted molar refractivity (Wildman–Crippen MR) is 56.8 cm³/mol. The average Bonchev–Trinajstić information content (AvgIpc) is 2.62. The molecule has 5 nitrogen and oxygen atoms in total. The SMILES string of the molecule is NC(CC(=O)O)c1cc(Cl)cc2c1OCO2. The largest absolute Gasteiger partial charge is 0.481 e. The molecule has 1 heterocycles. The summed E-state index contributed by atoms with van der Waals surface area (Å²) < 4.78 is 10.4. The Labute approximate surface area is 96.7 Å². The minimum atomic E-state index is -0.972. The van der Waals surface area contributed by atoms with Crippen molar-refractivity contribution in [1.82, 2.24) is 0 Å². The molecule has 0 saturated heterocycles. The highest BCUT2D eigenvalue weighted by Crippen LogP contribution is 2.41. The molecule has 1 unspecified atom stereocenters. The number of halogens is 1. The lowest BCUT2D eigenvalue weighted by Gasteiger charge is -2.12. The molecule has 3 N–H and O–H groups in total. The lowest BCUT2D eigenvalue weighted by Crippen LogP contribution is -2.15. The molecule has 0 aromatic heterocycles. The van der Waals surface area contributed by atoms with Crippen LogP contribution in [-0.4, -0.2) is 17.9 Å². The van der Waals surface area contributed by atoms with Crippen LogP contribution in [0.3, 0.4) is 0 Å². The molecule has 1 atom stereocenters. The first-order valence-electron chi connectivity index (χ1n) is 4.64. The molecule has 0 spiro atoms. The first kappa shape index (κ1) is 11.0. The highest BCUT2D eigenvalue weighted by Gasteiger charge is 2.23. The molecule has 1 aromatic rings. The molecular weight excluding hydrogens is 234 g/mol. The number of carboxylic acids is 1. The number of carboxylic acid groups (broad SMARTS) is 1. The van der Waals surface area contributed by atoms with Gasteiger partial charge in [0.15, 0.2) is 11.5 Å². The van der Waals surface area contributed by atoms with Crippen LogP contribution in [0.2, 0.25) is 5.02 Å². The standard InChI is InChI=1S/C10H10ClNO4/c11-5-1-6(7(12)3-9(13)14)10-8(2-5)15-4-16-10/h1-2,7H,3-4,12H2,(H,13,14). The number of nitrogens with two attached hydrogens (primary N) is 1. The Balaban J connectivity index is 2.36. The van der Waals surface area contributed by atoms with Crippen LogP contribution in [0.25, 0.3) is 0 Å². The van der Waals surface area contributed by atoms with E-state index in [0.29, 0.717) is 22.1 Å². The summed E-state index contributed by atoms with van der Waals surface area (Å²) >= 11 is 5.87. The minimum Gasteiger partial charge on any atom is -0.481 e. The van der Waals surface area contributed by atoms with Gasteiger partial charge < -0.3 is 20.3 Å². The van der Waals surface area contributed by atoms with Crippen LogP contribution in [0.1, 0.15) is 18.0 Å². The number of hydrogen-bond donors (Lipinski definition) is 2. The molecule has 0 radical (unpaired) electrons. The number of aliphatic carboxylic acids is 1. The molecule has 0 amide bonds. The van der Waals surface area contributed by atoms with Crippen molar-refractivity contribution in [3.63, 3.8) is 0 Å². The monoisotopic (exact) mass is 243 g/mol. The Morgan fingerprint density at radius 1 is 1.56 bits per heavy atom. The summed E-state index contributed by atoms with van der Waals surface area (Å²) in [6.45, 7) is 0.0997. The zero-order valence-electron chi connectivity index (χ0n) is 8.27. The van der Waals surface area contributed by atoms with Gasteiger partial charge in [-0.3, -0.25) is 4.79 Å². The van der Waals surface area contributed by atoms with Gasteiger partial charge in [0.05, 0.1) is 6.42 Å². The van der Waals surface area contributed by atoms with Gasteiger partial charge in [-0.15, -0.1) is 0 Å². The molecule has 6 heteroatoms. The van der Waals surface area contributed by atoms with E-state index in [1.165, 1.54) is 0 Å². The van der Waals surface area contributed by atoms with E-state index in [0.717, 1.165) is 0 Å². The van der Waals surface area contributed by atoms with Crippen LogP contribution in [0, 0.1) is 0 Å². The number of benzene rings is 1. The summed E-state index contributed by atoms with van der Waals surface area (Å²) in [5.41, 5.74) is 6.32. The zero-order chi connectivity index (χ0) is 11.7. The van der Waals surface area contributed by atoms with Gasteiger partial charge in [-0.2, -0.15) is 0 Å². The van der Waals surface area contributed by atoms with Crippen molar-refractivity contribution in [2.24, 2.45) is 5.73 Å². The van der Waals surface area contributed by atoms with E-state index in [9.17, 15) is 4.79 Å². The topological polar surface area (TPSA) is 81.8 Å². The molecular formula is C10H10ClNO4. The Hall–Kier alpha value is -1.46. The third-order valence-corrected chi connectivity index (χ3v) is 2.48. The van der Waals surface area contributed by atoms with Crippen LogP contribution < -0.4 is 15.2 Å². The molecule has 16 heavy (non-hydrogen) atoms. The van der Waals surface area contributed by atoms with Crippen molar-refractivity contribution < 1.29 is 19.4 Å². The lowest BCUT2D eigenvalue weighted by molar-refractivity contribution is -0.137. The molecule has 0 fully saturated rings. The quantitative estimate of drug-likeness (QED) is 0.842. The molecule has 0 aliphatic carbocycles. The third-order valence-electron chi connectivity index (χ3n) is 2.26. The summed E-state index contributed by atoms with van der Waals surface area (Å²) in [6, 6.07) is 2.55. The van der Waals surface area contributed by atoms with E-state index in [1.807, 2.05) is 0 Å². The number of hydrogen-bond acceptors (Lipinski definition) is 4. The maximum absolute atomic E-state index is 10.6. The van der Waals surface area contributed by atoms with E-state index in [2.05, 4.69) is 0 Å². The second kappa shape index (κ2) is 4.19. The Morgan fingerprint density at radius 2 is 2.31 bits per heavy atom. The fourth-order valence-electron chi connectivity index (χ4n) is 1.58. The van der Waals surface area contributed by atoms with Crippen LogP contribution >= 0.6 is 11.6 Å². The smallest absolute Gasteiger partial charge is 0.305 e. The maximum Gasteiger partial charge on any atom is 0.305 e. The third kappa shape index (κ3) is 2.05.